The Hall–Kier alpha value is -0.120. The second kappa shape index (κ2) is 8.04. The van der Waals surface area contributed by atoms with Crippen molar-refractivity contribution >= 4 is 23.5 Å². The molecule has 0 aliphatic heterocycles. The van der Waals surface area contributed by atoms with Crippen LogP contribution >= 0.6 is 23.5 Å². The Balaban J connectivity index is 2.09. The predicted octanol–water partition coefficient (Wildman–Crippen LogP) is 3.45. The summed E-state index contributed by atoms with van der Waals surface area (Å²) in [5.74, 6) is 3.79. The highest BCUT2D eigenvalue weighted by Crippen LogP contribution is 2.20. The minimum absolute atomic E-state index is 0.304. The molecule has 90 valence electrons. The van der Waals surface area contributed by atoms with Crippen LogP contribution in [0.2, 0.25) is 0 Å². The van der Waals surface area contributed by atoms with E-state index in [4.69, 9.17) is 5.11 Å². The standard InChI is InChI=1S/C13H20OS2/c1-11-3-5-13(6-4-11)16-8-7-15-10-12(2)9-14/h3-6,12,14H,7-10H2,1-2H3. The molecule has 1 rings (SSSR count). The Kier molecular flexibility index (Phi) is 7.01. The van der Waals surface area contributed by atoms with Crippen molar-refractivity contribution in [3.63, 3.8) is 0 Å². The highest BCUT2D eigenvalue weighted by atomic mass is 32.2. The van der Waals surface area contributed by atoms with Crippen LogP contribution in [0.15, 0.2) is 29.2 Å². The molecule has 1 unspecified atom stereocenters. The highest BCUT2D eigenvalue weighted by molar-refractivity contribution is 8.02. The van der Waals surface area contributed by atoms with Crippen molar-refractivity contribution in [3.8, 4) is 0 Å². The molecule has 0 radical (unpaired) electrons. The minimum atomic E-state index is 0.304. The molecule has 0 aromatic heterocycles. The van der Waals surface area contributed by atoms with Gasteiger partial charge in [0.2, 0.25) is 0 Å². The van der Waals surface area contributed by atoms with Gasteiger partial charge in [0, 0.05) is 23.0 Å². The summed E-state index contributed by atoms with van der Waals surface area (Å²) >= 11 is 3.83. The molecule has 0 aliphatic carbocycles. The molecular weight excluding hydrogens is 236 g/mol. The summed E-state index contributed by atoms with van der Waals surface area (Å²) in [6.45, 7) is 4.50. The zero-order chi connectivity index (χ0) is 11.8. The Morgan fingerprint density at radius 1 is 1.19 bits per heavy atom. The van der Waals surface area contributed by atoms with E-state index < -0.39 is 0 Å². The van der Waals surface area contributed by atoms with Crippen LogP contribution in [-0.2, 0) is 0 Å². The quantitative estimate of drug-likeness (QED) is 0.596. The number of aryl methyl sites for hydroxylation is 1. The van der Waals surface area contributed by atoms with Gasteiger partial charge < -0.3 is 5.11 Å². The molecule has 0 spiro atoms. The van der Waals surface area contributed by atoms with Crippen molar-refractivity contribution in [1.82, 2.24) is 0 Å². The first-order chi connectivity index (χ1) is 7.72. The number of hydrogen-bond acceptors (Lipinski definition) is 3. The Morgan fingerprint density at radius 2 is 1.88 bits per heavy atom. The number of hydrogen-bond donors (Lipinski definition) is 1. The van der Waals surface area contributed by atoms with E-state index in [1.807, 2.05) is 23.5 Å². The summed E-state index contributed by atoms with van der Waals surface area (Å²) in [5.41, 5.74) is 1.32. The Labute approximate surface area is 107 Å². The van der Waals surface area contributed by atoms with Gasteiger partial charge in [-0.3, -0.25) is 0 Å². The predicted molar refractivity (Wildman–Crippen MR) is 75.5 cm³/mol. The molecule has 0 saturated heterocycles. The second-order valence-corrected chi connectivity index (χ2v) is 6.34. The molecule has 0 amide bonds. The van der Waals surface area contributed by atoms with E-state index in [9.17, 15) is 0 Å². The summed E-state index contributed by atoms with van der Waals surface area (Å²) in [4.78, 5) is 1.35. The van der Waals surface area contributed by atoms with Crippen molar-refractivity contribution in [3.05, 3.63) is 29.8 Å². The number of thioether (sulfide) groups is 2. The van der Waals surface area contributed by atoms with Gasteiger partial charge in [-0.1, -0.05) is 24.6 Å². The molecule has 0 heterocycles. The van der Waals surface area contributed by atoms with Crippen LogP contribution in [-0.4, -0.2) is 29.0 Å². The molecule has 0 bridgehead atoms. The lowest BCUT2D eigenvalue weighted by Crippen LogP contribution is -2.04. The van der Waals surface area contributed by atoms with E-state index in [-0.39, 0.29) is 0 Å². The molecule has 16 heavy (non-hydrogen) atoms. The normalized spacial score (nSPS) is 12.7. The lowest BCUT2D eigenvalue weighted by Gasteiger charge is -2.06. The number of benzene rings is 1. The maximum Gasteiger partial charge on any atom is 0.0464 e. The lowest BCUT2D eigenvalue weighted by atomic mass is 10.2. The van der Waals surface area contributed by atoms with Gasteiger partial charge in [-0.2, -0.15) is 11.8 Å². The van der Waals surface area contributed by atoms with Crippen molar-refractivity contribution in [1.29, 1.82) is 0 Å². The monoisotopic (exact) mass is 256 g/mol. The van der Waals surface area contributed by atoms with Crippen molar-refractivity contribution in [2.75, 3.05) is 23.9 Å². The highest BCUT2D eigenvalue weighted by Gasteiger charge is 1.99. The average molecular weight is 256 g/mol. The fourth-order valence-corrected chi connectivity index (χ4v) is 3.23. The minimum Gasteiger partial charge on any atom is -0.396 e. The van der Waals surface area contributed by atoms with Crippen LogP contribution in [0.3, 0.4) is 0 Å². The summed E-state index contributed by atoms with van der Waals surface area (Å²) in [7, 11) is 0. The third-order valence-electron chi connectivity index (χ3n) is 2.23. The maximum atomic E-state index is 8.88. The first-order valence-electron chi connectivity index (χ1n) is 5.60. The van der Waals surface area contributed by atoms with Crippen LogP contribution in [0.5, 0.6) is 0 Å². The number of rotatable bonds is 7. The number of aliphatic hydroxyl groups excluding tert-OH is 1. The zero-order valence-electron chi connectivity index (χ0n) is 9.98. The fourth-order valence-electron chi connectivity index (χ4n) is 1.19. The summed E-state index contributed by atoms with van der Waals surface area (Å²) in [6.07, 6.45) is 0. The van der Waals surface area contributed by atoms with Gasteiger partial charge in [-0.05, 0) is 30.7 Å². The molecule has 3 heteroatoms. The van der Waals surface area contributed by atoms with Crippen LogP contribution in [0, 0.1) is 12.8 Å². The van der Waals surface area contributed by atoms with Gasteiger partial charge in [0.1, 0.15) is 0 Å². The lowest BCUT2D eigenvalue weighted by molar-refractivity contribution is 0.250. The molecule has 0 saturated carbocycles. The molecule has 1 N–H and O–H groups in total. The van der Waals surface area contributed by atoms with E-state index in [2.05, 4.69) is 38.1 Å². The summed E-state index contributed by atoms with van der Waals surface area (Å²) in [5, 5.41) is 8.88. The zero-order valence-corrected chi connectivity index (χ0v) is 11.6. The van der Waals surface area contributed by atoms with E-state index in [0.29, 0.717) is 12.5 Å². The molecule has 0 aliphatic rings. The largest absolute Gasteiger partial charge is 0.396 e. The third kappa shape index (κ3) is 5.83. The van der Waals surface area contributed by atoms with Crippen LogP contribution in [0.25, 0.3) is 0 Å². The smallest absolute Gasteiger partial charge is 0.0464 e. The van der Waals surface area contributed by atoms with Crippen LogP contribution in [0.4, 0.5) is 0 Å². The van der Waals surface area contributed by atoms with E-state index in [0.717, 1.165) is 17.3 Å². The maximum absolute atomic E-state index is 8.88. The molecule has 1 aromatic rings. The van der Waals surface area contributed by atoms with E-state index >= 15 is 0 Å². The summed E-state index contributed by atoms with van der Waals surface area (Å²) in [6, 6.07) is 8.68. The second-order valence-electron chi connectivity index (χ2n) is 4.02. The van der Waals surface area contributed by atoms with E-state index in [1.54, 1.807) is 0 Å². The van der Waals surface area contributed by atoms with Crippen LogP contribution in [0.1, 0.15) is 12.5 Å². The Morgan fingerprint density at radius 3 is 2.50 bits per heavy atom. The van der Waals surface area contributed by atoms with Crippen LogP contribution < -0.4 is 0 Å². The van der Waals surface area contributed by atoms with Gasteiger partial charge in [-0.25, -0.2) is 0 Å². The molecule has 1 nitrogen and oxygen atoms in total. The van der Waals surface area contributed by atoms with Gasteiger partial charge >= 0.3 is 0 Å². The molecule has 0 fully saturated rings. The van der Waals surface area contributed by atoms with Crippen molar-refractivity contribution in [2.24, 2.45) is 5.92 Å². The topological polar surface area (TPSA) is 20.2 Å². The van der Waals surface area contributed by atoms with Crippen molar-refractivity contribution < 1.29 is 5.11 Å². The van der Waals surface area contributed by atoms with Gasteiger partial charge in [0.25, 0.3) is 0 Å². The van der Waals surface area contributed by atoms with Gasteiger partial charge in [0.05, 0.1) is 0 Å². The van der Waals surface area contributed by atoms with Crippen molar-refractivity contribution in [2.45, 2.75) is 18.7 Å². The van der Waals surface area contributed by atoms with Gasteiger partial charge in [0.15, 0.2) is 0 Å². The fraction of sp³-hybridized carbons (Fsp3) is 0.538. The SMILES string of the molecule is Cc1ccc(SCCSCC(C)CO)cc1. The molecule has 1 aromatic carbocycles. The molecular formula is C13H20OS2. The first kappa shape index (κ1) is 13.9. The first-order valence-corrected chi connectivity index (χ1v) is 7.74. The third-order valence-corrected chi connectivity index (χ3v) is 4.80. The summed E-state index contributed by atoms with van der Waals surface area (Å²) < 4.78 is 0. The van der Waals surface area contributed by atoms with E-state index in [1.165, 1.54) is 10.5 Å². The average Bonchev–Trinajstić information content (AvgIpc) is 2.31. The van der Waals surface area contributed by atoms with Gasteiger partial charge in [-0.15, -0.1) is 11.8 Å². The molecule has 1 atom stereocenters. The Bertz CT molecular complexity index is 284. The number of aliphatic hydroxyl groups is 1.